The third kappa shape index (κ3) is 3.21. The highest BCUT2D eigenvalue weighted by molar-refractivity contribution is 5.75. The van der Waals surface area contributed by atoms with Gasteiger partial charge < -0.3 is 4.57 Å². The van der Waals surface area contributed by atoms with E-state index in [4.69, 9.17) is 0 Å². The van der Waals surface area contributed by atoms with Gasteiger partial charge in [-0.05, 0) is 19.2 Å². The van der Waals surface area contributed by atoms with Gasteiger partial charge in [0, 0.05) is 13.6 Å². The van der Waals surface area contributed by atoms with E-state index < -0.39 is 4.92 Å². The number of aromatic nitrogens is 4. The van der Waals surface area contributed by atoms with Gasteiger partial charge in [0.2, 0.25) is 0 Å². The van der Waals surface area contributed by atoms with Crippen LogP contribution in [0.15, 0.2) is 36.7 Å². The molecule has 8 heteroatoms. The van der Waals surface area contributed by atoms with Crippen molar-refractivity contribution >= 4 is 16.7 Å². The number of nitrogens with zero attached hydrogens (tertiary/aromatic N) is 6. The van der Waals surface area contributed by atoms with Gasteiger partial charge in [0.25, 0.3) is 0 Å². The lowest BCUT2D eigenvalue weighted by molar-refractivity contribution is -0.385. The summed E-state index contributed by atoms with van der Waals surface area (Å²) in [7, 11) is 4.01. The van der Waals surface area contributed by atoms with Crippen LogP contribution < -0.4 is 0 Å². The van der Waals surface area contributed by atoms with E-state index in [0.29, 0.717) is 13.1 Å². The number of hydrogen-bond donors (Lipinski definition) is 0. The minimum absolute atomic E-state index is 0.0167. The SMILES string of the molecule is CN(CCn1cc([N+](=O)[O-])cn1)Cc1nc2ccccc2n1C. The number of fused-ring (bicyclic) bond motifs is 1. The Kier molecular flexibility index (Phi) is 4.07. The van der Waals surface area contributed by atoms with Crippen molar-refractivity contribution in [3.05, 3.63) is 52.6 Å². The van der Waals surface area contributed by atoms with E-state index in [9.17, 15) is 10.1 Å². The molecule has 23 heavy (non-hydrogen) atoms. The van der Waals surface area contributed by atoms with Crippen LogP contribution in [-0.4, -0.2) is 42.7 Å². The molecule has 3 rings (SSSR count). The molecular weight excluding hydrogens is 296 g/mol. The summed E-state index contributed by atoms with van der Waals surface area (Å²) in [6.45, 7) is 2.02. The highest BCUT2D eigenvalue weighted by Crippen LogP contribution is 2.15. The molecule has 1 aromatic carbocycles. The molecule has 0 spiro atoms. The first-order valence-electron chi connectivity index (χ1n) is 7.30. The van der Waals surface area contributed by atoms with Crippen LogP contribution in [0.5, 0.6) is 0 Å². The van der Waals surface area contributed by atoms with Crippen LogP contribution >= 0.6 is 0 Å². The van der Waals surface area contributed by atoms with E-state index in [2.05, 4.69) is 25.6 Å². The van der Waals surface area contributed by atoms with E-state index in [1.807, 2.05) is 32.3 Å². The fourth-order valence-corrected chi connectivity index (χ4v) is 2.50. The summed E-state index contributed by atoms with van der Waals surface area (Å²) < 4.78 is 3.67. The summed E-state index contributed by atoms with van der Waals surface area (Å²) >= 11 is 0. The minimum atomic E-state index is -0.438. The number of aryl methyl sites for hydroxylation is 1. The molecule has 0 aliphatic carbocycles. The lowest BCUT2D eigenvalue weighted by atomic mass is 10.3. The molecule has 120 valence electrons. The zero-order valence-electron chi connectivity index (χ0n) is 13.1. The van der Waals surface area contributed by atoms with Crippen molar-refractivity contribution in [1.29, 1.82) is 0 Å². The van der Waals surface area contributed by atoms with E-state index in [1.165, 1.54) is 12.4 Å². The molecule has 2 heterocycles. The topological polar surface area (TPSA) is 82.0 Å². The molecule has 3 aromatic rings. The zero-order valence-corrected chi connectivity index (χ0v) is 13.1. The second kappa shape index (κ2) is 6.17. The monoisotopic (exact) mass is 314 g/mol. The standard InChI is InChI=1S/C15H18N6O2/c1-18(7-8-20-10-12(9-16-20)21(22)23)11-15-17-13-5-3-4-6-14(13)19(15)2/h3-6,9-10H,7-8,11H2,1-2H3. The normalized spacial score (nSPS) is 11.4. The van der Waals surface area contributed by atoms with Gasteiger partial charge in [0.15, 0.2) is 0 Å². The van der Waals surface area contributed by atoms with Gasteiger partial charge in [-0.2, -0.15) is 5.10 Å². The number of likely N-dealkylation sites (N-methyl/N-ethyl adjacent to an activating group) is 1. The van der Waals surface area contributed by atoms with Crippen molar-refractivity contribution in [2.75, 3.05) is 13.6 Å². The molecule has 8 nitrogen and oxygen atoms in total. The summed E-state index contributed by atoms with van der Waals surface area (Å²) in [5.41, 5.74) is 2.11. The number of rotatable bonds is 6. The van der Waals surface area contributed by atoms with Crippen LogP contribution in [0.2, 0.25) is 0 Å². The Bertz CT molecular complexity index is 837. The average molecular weight is 314 g/mol. The van der Waals surface area contributed by atoms with Crippen LogP contribution in [0.1, 0.15) is 5.82 Å². The highest BCUT2D eigenvalue weighted by Gasteiger charge is 2.11. The number of para-hydroxylation sites is 2. The van der Waals surface area contributed by atoms with Gasteiger partial charge in [-0.15, -0.1) is 0 Å². The first kappa shape index (κ1) is 15.2. The summed E-state index contributed by atoms with van der Waals surface area (Å²) in [5, 5.41) is 14.6. The van der Waals surface area contributed by atoms with Crippen molar-refractivity contribution in [1.82, 2.24) is 24.2 Å². The number of hydrogen-bond acceptors (Lipinski definition) is 5. The maximum absolute atomic E-state index is 10.6. The quantitative estimate of drug-likeness (QED) is 0.512. The molecule has 0 N–H and O–H groups in total. The molecule has 2 aromatic heterocycles. The van der Waals surface area contributed by atoms with Gasteiger partial charge in [-0.3, -0.25) is 19.7 Å². The Labute approximate surface area is 133 Å². The Balaban J connectivity index is 1.62. The molecule has 0 radical (unpaired) electrons. The smallest absolute Gasteiger partial charge is 0.306 e. The molecule has 0 aliphatic rings. The molecule has 0 fully saturated rings. The third-order valence-electron chi connectivity index (χ3n) is 3.83. The third-order valence-corrected chi connectivity index (χ3v) is 3.83. The van der Waals surface area contributed by atoms with Crippen molar-refractivity contribution in [3.63, 3.8) is 0 Å². The van der Waals surface area contributed by atoms with Gasteiger partial charge in [0.05, 0.1) is 29.0 Å². The predicted octanol–water partition coefficient (Wildman–Crippen LogP) is 1.81. The molecule has 0 saturated carbocycles. The van der Waals surface area contributed by atoms with Crippen molar-refractivity contribution in [3.8, 4) is 0 Å². The Morgan fingerprint density at radius 2 is 2.13 bits per heavy atom. The lowest BCUT2D eigenvalue weighted by Crippen LogP contribution is -2.24. The summed E-state index contributed by atoms with van der Waals surface area (Å²) in [4.78, 5) is 17.0. The van der Waals surface area contributed by atoms with E-state index in [0.717, 1.165) is 23.4 Å². The second-order valence-electron chi connectivity index (χ2n) is 5.53. The lowest BCUT2D eigenvalue weighted by Gasteiger charge is -2.16. The summed E-state index contributed by atoms with van der Waals surface area (Å²) in [6.07, 6.45) is 2.72. The fraction of sp³-hybridized carbons (Fsp3) is 0.333. The molecule has 0 amide bonds. The maximum atomic E-state index is 10.6. The first-order valence-corrected chi connectivity index (χ1v) is 7.30. The zero-order chi connectivity index (χ0) is 16.4. The van der Waals surface area contributed by atoms with Crippen molar-refractivity contribution < 1.29 is 4.92 Å². The molecule has 0 aliphatic heterocycles. The first-order chi connectivity index (χ1) is 11.0. The number of imidazole rings is 1. The Morgan fingerprint density at radius 1 is 1.35 bits per heavy atom. The summed E-state index contributed by atoms with van der Waals surface area (Å²) in [5.74, 6) is 0.986. The molecule has 0 atom stereocenters. The van der Waals surface area contributed by atoms with Gasteiger partial charge in [0.1, 0.15) is 18.2 Å². The largest absolute Gasteiger partial charge is 0.330 e. The molecule has 0 bridgehead atoms. The highest BCUT2D eigenvalue weighted by atomic mass is 16.6. The minimum Gasteiger partial charge on any atom is -0.330 e. The maximum Gasteiger partial charge on any atom is 0.306 e. The van der Waals surface area contributed by atoms with Crippen molar-refractivity contribution in [2.24, 2.45) is 7.05 Å². The number of benzene rings is 1. The van der Waals surface area contributed by atoms with Crippen LogP contribution in [0.4, 0.5) is 5.69 Å². The molecule has 0 saturated heterocycles. The second-order valence-corrected chi connectivity index (χ2v) is 5.53. The Hall–Kier alpha value is -2.74. The predicted molar refractivity (Wildman–Crippen MR) is 85.9 cm³/mol. The van der Waals surface area contributed by atoms with Crippen LogP contribution in [0.3, 0.4) is 0 Å². The summed E-state index contributed by atoms with van der Waals surface area (Å²) in [6, 6.07) is 8.03. The van der Waals surface area contributed by atoms with E-state index >= 15 is 0 Å². The average Bonchev–Trinajstić information content (AvgIpc) is 3.12. The van der Waals surface area contributed by atoms with Gasteiger partial charge >= 0.3 is 5.69 Å². The van der Waals surface area contributed by atoms with Crippen LogP contribution in [-0.2, 0) is 20.1 Å². The number of nitro groups is 1. The molecule has 0 unspecified atom stereocenters. The molecular formula is C15H18N6O2. The van der Waals surface area contributed by atoms with Crippen LogP contribution in [0, 0.1) is 10.1 Å². The van der Waals surface area contributed by atoms with E-state index in [-0.39, 0.29) is 5.69 Å². The van der Waals surface area contributed by atoms with Gasteiger partial charge in [-0.1, -0.05) is 12.1 Å². The fourth-order valence-electron chi connectivity index (χ4n) is 2.50. The van der Waals surface area contributed by atoms with E-state index in [1.54, 1.807) is 4.68 Å². The van der Waals surface area contributed by atoms with Gasteiger partial charge in [-0.25, -0.2) is 4.98 Å². The Morgan fingerprint density at radius 3 is 2.83 bits per heavy atom. The van der Waals surface area contributed by atoms with Crippen LogP contribution in [0.25, 0.3) is 11.0 Å². The van der Waals surface area contributed by atoms with Crippen molar-refractivity contribution in [2.45, 2.75) is 13.1 Å².